The van der Waals surface area contributed by atoms with Gasteiger partial charge in [0.2, 0.25) is 0 Å². The Balaban J connectivity index is 0.00000560. The molecule has 9 aromatic rings. The standard InChI is InChI=1S/C58H56N4O.Pt/c1-55(2,3)42-24-19-25-45(32-42)60-38-53(58(9,10)41-22-15-12-16-23-41)61(39-60)46-33-44(57(7,8)40-20-13-11-14-21-40)34-48(36-46)63-47-28-29-50-49-26-17-18-27-51(49)62(52(50)37-47)54-35-43(30-31-59-54)56(4,5)6;/h11-35,38H,1-10H3;/q-2;. The summed E-state index contributed by atoms with van der Waals surface area (Å²) in [7, 11) is 0. The van der Waals surface area contributed by atoms with Gasteiger partial charge < -0.3 is 13.9 Å². The van der Waals surface area contributed by atoms with Gasteiger partial charge in [0.05, 0.1) is 11.4 Å². The number of benzene rings is 6. The van der Waals surface area contributed by atoms with Crippen molar-refractivity contribution >= 4 is 21.8 Å². The molecular formula is C58H56N4OPt-2. The average Bonchev–Trinajstić information content (AvgIpc) is 3.87. The zero-order chi connectivity index (χ0) is 44.3. The van der Waals surface area contributed by atoms with E-state index in [9.17, 15) is 0 Å². The fourth-order valence-electron chi connectivity index (χ4n) is 8.64. The summed E-state index contributed by atoms with van der Waals surface area (Å²) in [6, 6.07) is 58.9. The Morgan fingerprint density at radius 3 is 1.84 bits per heavy atom. The molecule has 64 heavy (non-hydrogen) atoms. The molecule has 5 nitrogen and oxygen atoms in total. The first-order valence-corrected chi connectivity index (χ1v) is 22.0. The Bertz CT molecular complexity index is 3110. The van der Waals surface area contributed by atoms with Crippen LogP contribution in [0.1, 0.15) is 103 Å². The van der Waals surface area contributed by atoms with Crippen molar-refractivity contribution in [3.8, 4) is 28.7 Å². The fraction of sp³-hybridized carbons (Fsp3) is 0.241. The molecule has 0 radical (unpaired) electrons. The van der Waals surface area contributed by atoms with E-state index in [2.05, 4.69) is 247 Å². The SMILES string of the molecule is CC(C)(C)c1cccc(-[n+]2[c-]n(-c3[c-]c(Oc4[c-]c5c(cc4)c4ccccc4n5-c4cc(C(C)(C)C)ccn4)cc(C(C)(C)c4ccccc4)c3)c(C(C)(C)c3ccccc3)c2)c1.[Pt]. The van der Waals surface area contributed by atoms with Gasteiger partial charge in [-0.15, -0.1) is 35.2 Å². The molecular weight excluding hydrogens is 964 g/mol. The van der Waals surface area contributed by atoms with E-state index in [1.54, 1.807) is 0 Å². The molecule has 0 atom stereocenters. The molecule has 0 aliphatic rings. The minimum absolute atomic E-state index is 0. The molecule has 6 heteroatoms. The Morgan fingerprint density at radius 2 is 1.16 bits per heavy atom. The van der Waals surface area contributed by atoms with Crippen molar-refractivity contribution in [3.05, 3.63) is 210 Å². The van der Waals surface area contributed by atoms with Gasteiger partial charge in [0.1, 0.15) is 5.82 Å². The van der Waals surface area contributed by atoms with E-state index in [4.69, 9.17) is 9.72 Å². The first-order chi connectivity index (χ1) is 30.0. The van der Waals surface area contributed by atoms with E-state index < -0.39 is 5.41 Å². The molecule has 6 aromatic carbocycles. The van der Waals surface area contributed by atoms with E-state index in [0.717, 1.165) is 50.3 Å². The number of para-hydroxylation sites is 1. The Hall–Kier alpha value is -6.03. The molecule has 0 N–H and O–H groups in total. The van der Waals surface area contributed by atoms with Crippen LogP contribution in [0.4, 0.5) is 0 Å². The van der Waals surface area contributed by atoms with Gasteiger partial charge in [-0.3, -0.25) is 4.57 Å². The number of hydrogen-bond donors (Lipinski definition) is 0. The number of fused-ring (bicyclic) bond motifs is 3. The van der Waals surface area contributed by atoms with Crippen LogP contribution in [0.15, 0.2) is 158 Å². The predicted octanol–water partition coefficient (Wildman–Crippen LogP) is 13.7. The predicted molar refractivity (Wildman–Crippen MR) is 257 cm³/mol. The molecule has 0 aliphatic heterocycles. The van der Waals surface area contributed by atoms with Crippen molar-refractivity contribution in [3.63, 3.8) is 0 Å². The van der Waals surface area contributed by atoms with E-state index in [1.807, 2.05) is 12.3 Å². The quantitative estimate of drug-likeness (QED) is 0.107. The normalized spacial score (nSPS) is 12.4. The first kappa shape index (κ1) is 44.6. The molecule has 0 amide bonds. The molecule has 0 fully saturated rings. The molecule has 3 heterocycles. The Labute approximate surface area is 393 Å². The minimum Gasteiger partial charge on any atom is -0.510 e. The third kappa shape index (κ3) is 8.39. The van der Waals surface area contributed by atoms with Crippen molar-refractivity contribution in [1.82, 2.24) is 14.1 Å². The van der Waals surface area contributed by atoms with E-state index in [-0.39, 0.29) is 37.3 Å². The maximum Gasteiger partial charge on any atom is 0.267 e. The van der Waals surface area contributed by atoms with E-state index >= 15 is 0 Å². The summed E-state index contributed by atoms with van der Waals surface area (Å²) in [5.74, 6) is 2.02. The van der Waals surface area contributed by atoms with E-state index in [1.165, 1.54) is 22.3 Å². The fourth-order valence-corrected chi connectivity index (χ4v) is 8.64. The van der Waals surface area contributed by atoms with Gasteiger partial charge in [-0.1, -0.05) is 166 Å². The summed E-state index contributed by atoms with van der Waals surface area (Å²) >= 11 is 0. The molecule has 0 bridgehead atoms. The van der Waals surface area contributed by atoms with Crippen molar-refractivity contribution < 1.29 is 30.4 Å². The third-order valence-corrected chi connectivity index (χ3v) is 12.7. The molecule has 326 valence electrons. The number of rotatable bonds is 9. The van der Waals surface area contributed by atoms with Gasteiger partial charge in [0.15, 0.2) is 0 Å². The second kappa shape index (κ2) is 16.8. The summed E-state index contributed by atoms with van der Waals surface area (Å²) in [6.45, 7) is 22.6. The largest absolute Gasteiger partial charge is 0.510 e. The van der Waals surface area contributed by atoms with Crippen LogP contribution in [0.2, 0.25) is 0 Å². The Morgan fingerprint density at radius 1 is 0.531 bits per heavy atom. The average molecular weight is 1020 g/mol. The zero-order valence-electron chi connectivity index (χ0n) is 38.5. The van der Waals surface area contributed by atoms with Gasteiger partial charge in [-0.25, -0.2) is 4.98 Å². The molecule has 0 saturated heterocycles. The maximum absolute atomic E-state index is 6.96. The number of pyridine rings is 1. The number of ether oxygens (including phenoxy) is 1. The van der Waals surface area contributed by atoms with Crippen LogP contribution in [0.3, 0.4) is 0 Å². The smallest absolute Gasteiger partial charge is 0.267 e. The minimum atomic E-state index is -0.408. The maximum atomic E-state index is 6.96. The van der Waals surface area contributed by atoms with Crippen LogP contribution in [0.25, 0.3) is 39.0 Å². The van der Waals surface area contributed by atoms with Crippen molar-refractivity contribution in [2.75, 3.05) is 0 Å². The summed E-state index contributed by atoms with van der Waals surface area (Å²) in [5.41, 5.74) is 10.0. The van der Waals surface area contributed by atoms with Gasteiger partial charge in [0, 0.05) is 55.9 Å². The van der Waals surface area contributed by atoms with Crippen LogP contribution in [-0.4, -0.2) is 14.1 Å². The molecule has 0 aliphatic carbocycles. The molecule has 3 aromatic heterocycles. The molecule has 0 saturated carbocycles. The molecule has 0 spiro atoms. The monoisotopic (exact) mass is 1020 g/mol. The summed E-state index contributed by atoms with van der Waals surface area (Å²) < 4.78 is 13.5. The van der Waals surface area contributed by atoms with Crippen LogP contribution < -0.4 is 9.30 Å². The first-order valence-electron chi connectivity index (χ1n) is 22.0. The van der Waals surface area contributed by atoms with Gasteiger partial charge in [-0.2, -0.15) is 12.1 Å². The third-order valence-electron chi connectivity index (χ3n) is 12.7. The van der Waals surface area contributed by atoms with Crippen molar-refractivity contribution in [1.29, 1.82) is 0 Å². The topological polar surface area (TPSA) is 35.9 Å². The summed E-state index contributed by atoms with van der Waals surface area (Å²) in [5, 5.41) is 2.22. The van der Waals surface area contributed by atoms with Crippen LogP contribution >= 0.6 is 0 Å². The molecule has 0 unspecified atom stereocenters. The van der Waals surface area contributed by atoms with Crippen molar-refractivity contribution in [2.24, 2.45) is 0 Å². The number of aromatic nitrogens is 4. The summed E-state index contributed by atoms with van der Waals surface area (Å²) in [6.07, 6.45) is 7.92. The molecule has 9 rings (SSSR count). The van der Waals surface area contributed by atoms with Crippen LogP contribution in [-0.2, 0) is 42.7 Å². The van der Waals surface area contributed by atoms with Gasteiger partial charge in [-0.05, 0) is 79.9 Å². The second-order valence-corrected chi connectivity index (χ2v) is 19.9. The zero-order valence-corrected chi connectivity index (χ0v) is 40.8. The van der Waals surface area contributed by atoms with E-state index in [0.29, 0.717) is 11.5 Å². The van der Waals surface area contributed by atoms with Gasteiger partial charge >= 0.3 is 0 Å². The number of hydrogen-bond acceptors (Lipinski definition) is 2. The second-order valence-electron chi connectivity index (χ2n) is 19.9. The summed E-state index contributed by atoms with van der Waals surface area (Å²) in [4.78, 5) is 4.90. The van der Waals surface area contributed by atoms with Crippen LogP contribution in [0.5, 0.6) is 11.5 Å². The van der Waals surface area contributed by atoms with Gasteiger partial charge in [0.25, 0.3) is 6.33 Å². The van der Waals surface area contributed by atoms with Crippen LogP contribution in [0, 0.1) is 18.5 Å². The number of nitrogens with zero attached hydrogens (tertiary/aromatic N) is 4. The van der Waals surface area contributed by atoms with Crippen molar-refractivity contribution in [2.45, 2.75) is 90.9 Å². The number of imidazole rings is 1. The Kier molecular flexibility index (Phi) is 11.7.